The first kappa shape index (κ1) is 22.3. The molecule has 2 aromatic heterocycles. The number of aromatic nitrogens is 2. The molecule has 1 unspecified atom stereocenters. The number of carbonyl (C=O) groups is 1. The summed E-state index contributed by atoms with van der Waals surface area (Å²) in [6.07, 6.45) is 4.01. The molecule has 2 fully saturated rings. The van der Waals surface area contributed by atoms with Crippen molar-refractivity contribution in [1.82, 2.24) is 19.8 Å². The molecule has 9 nitrogen and oxygen atoms in total. The maximum atomic E-state index is 12.1. The highest BCUT2D eigenvalue weighted by atomic mass is 16.1. The van der Waals surface area contributed by atoms with Crippen LogP contribution in [0.3, 0.4) is 0 Å². The summed E-state index contributed by atoms with van der Waals surface area (Å²) in [7, 11) is 8.42. The monoisotopic (exact) mass is 438 g/mol. The van der Waals surface area contributed by atoms with E-state index in [1.165, 1.54) is 0 Å². The maximum Gasteiger partial charge on any atom is 0.269 e. The number of nitrogens with two attached hydrogens (primary N) is 1. The smallest absolute Gasteiger partial charge is 0.269 e. The molecule has 9 heteroatoms. The summed E-state index contributed by atoms with van der Waals surface area (Å²) in [6, 6.07) is 8.85. The Labute approximate surface area is 190 Å². The van der Waals surface area contributed by atoms with Gasteiger partial charge >= 0.3 is 0 Å². The molecule has 0 saturated carbocycles. The first-order chi connectivity index (χ1) is 15.3. The molecule has 32 heavy (non-hydrogen) atoms. The van der Waals surface area contributed by atoms with Crippen molar-refractivity contribution in [2.45, 2.75) is 24.9 Å². The highest BCUT2D eigenvalue weighted by Crippen LogP contribution is 2.27. The quantitative estimate of drug-likeness (QED) is 0.673. The zero-order chi connectivity index (χ0) is 22.8. The Bertz CT molecular complexity index is 946. The lowest BCUT2D eigenvalue weighted by molar-refractivity contribution is 0.0996. The van der Waals surface area contributed by atoms with Gasteiger partial charge < -0.3 is 30.7 Å². The Kier molecular flexibility index (Phi) is 6.48. The SMILES string of the molecule is CN(C)C1CCN(c2ccc(Nc3ccc(N4CC[C@@H](N(C)C)C4)nc3)c(C(N)=O)n2)C1. The topological polar surface area (TPSA) is 93.9 Å². The van der Waals surface area contributed by atoms with E-state index in [1.54, 1.807) is 6.20 Å². The number of nitrogens with one attached hydrogen (secondary N) is 1. The second kappa shape index (κ2) is 9.30. The number of pyridine rings is 2. The molecule has 0 bridgehead atoms. The van der Waals surface area contributed by atoms with Crippen LogP contribution in [-0.4, -0.2) is 92.1 Å². The van der Waals surface area contributed by atoms with Gasteiger partial charge in [-0.15, -0.1) is 0 Å². The van der Waals surface area contributed by atoms with E-state index < -0.39 is 5.91 Å². The Morgan fingerprint density at radius 2 is 1.56 bits per heavy atom. The first-order valence-electron chi connectivity index (χ1n) is 11.2. The van der Waals surface area contributed by atoms with Crippen molar-refractivity contribution in [3.8, 4) is 0 Å². The van der Waals surface area contributed by atoms with Crippen molar-refractivity contribution >= 4 is 28.9 Å². The third-order valence-corrected chi connectivity index (χ3v) is 6.58. The molecule has 2 aliphatic heterocycles. The third-order valence-electron chi connectivity index (χ3n) is 6.58. The highest BCUT2D eigenvalue weighted by Gasteiger charge is 2.26. The summed E-state index contributed by atoms with van der Waals surface area (Å²) < 4.78 is 0. The van der Waals surface area contributed by atoms with E-state index in [4.69, 9.17) is 5.73 Å². The zero-order valence-electron chi connectivity index (χ0n) is 19.5. The lowest BCUT2D eigenvalue weighted by atomic mass is 10.2. The number of hydrogen-bond acceptors (Lipinski definition) is 8. The normalized spacial score (nSPS) is 21.1. The third kappa shape index (κ3) is 4.78. The molecule has 4 rings (SSSR count). The minimum absolute atomic E-state index is 0.244. The van der Waals surface area contributed by atoms with Crippen LogP contribution < -0.4 is 20.9 Å². The van der Waals surface area contributed by atoms with Gasteiger partial charge in [0.2, 0.25) is 0 Å². The van der Waals surface area contributed by atoms with Crippen LogP contribution in [0.15, 0.2) is 30.5 Å². The van der Waals surface area contributed by atoms with Crippen LogP contribution in [-0.2, 0) is 0 Å². The van der Waals surface area contributed by atoms with E-state index in [0.717, 1.165) is 56.3 Å². The predicted octanol–water partition coefficient (Wildman–Crippen LogP) is 1.60. The molecule has 1 amide bonds. The molecule has 0 aromatic carbocycles. The van der Waals surface area contributed by atoms with Gasteiger partial charge in [0.05, 0.1) is 17.6 Å². The summed E-state index contributed by atoms with van der Waals surface area (Å²) in [5, 5.41) is 3.26. The van der Waals surface area contributed by atoms with Gasteiger partial charge in [-0.05, 0) is 65.3 Å². The Balaban J connectivity index is 1.46. The van der Waals surface area contributed by atoms with Crippen molar-refractivity contribution < 1.29 is 4.79 Å². The van der Waals surface area contributed by atoms with Crippen molar-refractivity contribution in [3.63, 3.8) is 0 Å². The lowest BCUT2D eigenvalue weighted by Crippen LogP contribution is -2.32. The number of likely N-dealkylation sites (N-methyl/N-ethyl adjacent to an activating group) is 2. The van der Waals surface area contributed by atoms with Crippen LogP contribution in [0.5, 0.6) is 0 Å². The second-order valence-electron chi connectivity index (χ2n) is 9.16. The molecule has 0 radical (unpaired) electrons. The molecular weight excluding hydrogens is 404 g/mol. The van der Waals surface area contributed by atoms with Gasteiger partial charge in [-0.2, -0.15) is 0 Å². The fourth-order valence-corrected chi connectivity index (χ4v) is 4.46. The molecule has 172 valence electrons. The molecule has 2 saturated heterocycles. The molecule has 0 spiro atoms. The molecule has 2 atom stereocenters. The average molecular weight is 439 g/mol. The highest BCUT2D eigenvalue weighted by molar-refractivity contribution is 5.97. The maximum absolute atomic E-state index is 12.1. The molecule has 0 aliphatic carbocycles. The summed E-state index contributed by atoms with van der Waals surface area (Å²) >= 11 is 0. The second-order valence-corrected chi connectivity index (χ2v) is 9.16. The van der Waals surface area contributed by atoms with Crippen molar-refractivity contribution in [2.24, 2.45) is 5.73 Å². The largest absolute Gasteiger partial charge is 0.364 e. The van der Waals surface area contributed by atoms with Gasteiger partial charge in [0, 0.05) is 38.3 Å². The van der Waals surface area contributed by atoms with Gasteiger partial charge in [-0.3, -0.25) is 4.79 Å². The van der Waals surface area contributed by atoms with Crippen molar-refractivity contribution in [3.05, 3.63) is 36.2 Å². The van der Waals surface area contributed by atoms with Crippen LogP contribution in [0.2, 0.25) is 0 Å². The number of anilines is 4. The number of nitrogens with zero attached hydrogens (tertiary/aromatic N) is 6. The number of amides is 1. The number of hydrogen-bond donors (Lipinski definition) is 2. The van der Waals surface area contributed by atoms with Crippen LogP contribution >= 0.6 is 0 Å². The van der Waals surface area contributed by atoms with Gasteiger partial charge in [-0.1, -0.05) is 0 Å². The van der Waals surface area contributed by atoms with E-state index in [-0.39, 0.29) is 5.69 Å². The summed E-state index contributed by atoms with van der Waals surface area (Å²) in [6.45, 7) is 3.79. The number of carbonyl (C=O) groups excluding carboxylic acids is 1. The fraction of sp³-hybridized carbons (Fsp3) is 0.522. The van der Waals surface area contributed by atoms with E-state index in [9.17, 15) is 4.79 Å². The average Bonchev–Trinajstić information content (AvgIpc) is 3.45. The van der Waals surface area contributed by atoms with Crippen LogP contribution in [0, 0.1) is 0 Å². The minimum atomic E-state index is -0.547. The summed E-state index contributed by atoms with van der Waals surface area (Å²) in [5.41, 5.74) is 7.29. The standard InChI is InChI=1S/C23H34N8O/c1-28(2)17-9-11-30(14-17)20-7-5-16(13-25-20)26-19-6-8-21(27-22(19)23(24)32)31-12-10-18(15-31)29(3)4/h5-8,13,17-18,26H,9-12,14-15H2,1-4H3,(H2,24,32)/t17-,18?/m1/s1. The minimum Gasteiger partial charge on any atom is -0.364 e. The van der Waals surface area contributed by atoms with Crippen LogP contribution in [0.1, 0.15) is 23.3 Å². The number of rotatable bonds is 7. The van der Waals surface area contributed by atoms with E-state index >= 15 is 0 Å². The van der Waals surface area contributed by atoms with Gasteiger partial charge in [0.15, 0.2) is 5.69 Å². The van der Waals surface area contributed by atoms with E-state index in [1.807, 2.05) is 24.3 Å². The Morgan fingerprint density at radius 1 is 0.969 bits per heavy atom. The van der Waals surface area contributed by atoms with Crippen LogP contribution in [0.25, 0.3) is 0 Å². The first-order valence-corrected chi connectivity index (χ1v) is 11.2. The van der Waals surface area contributed by atoms with E-state index in [2.05, 4.69) is 63.1 Å². The number of primary amides is 1. The van der Waals surface area contributed by atoms with Crippen molar-refractivity contribution in [1.29, 1.82) is 0 Å². The van der Waals surface area contributed by atoms with Gasteiger partial charge in [-0.25, -0.2) is 9.97 Å². The van der Waals surface area contributed by atoms with E-state index in [0.29, 0.717) is 17.8 Å². The van der Waals surface area contributed by atoms with Crippen molar-refractivity contribution in [2.75, 3.05) is 69.5 Å². The molecule has 2 aliphatic rings. The summed E-state index contributed by atoms with van der Waals surface area (Å²) in [5.74, 6) is 1.20. The Morgan fingerprint density at radius 3 is 2.06 bits per heavy atom. The predicted molar refractivity (Wildman–Crippen MR) is 129 cm³/mol. The van der Waals surface area contributed by atoms with Crippen LogP contribution in [0.4, 0.5) is 23.0 Å². The Hall–Kier alpha value is -2.91. The van der Waals surface area contributed by atoms with Gasteiger partial charge in [0.1, 0.15) is 11.6 Å². The lowest BCUT2D eigenvalue weighted by Gasteiger charge is -2.22. The summed E-state index contributed by atoms with van der Waals surface area (Å²) in [4.78, 5) is 30.3. The fourth-order valence-electron chi connectivity index (χ4n) is 4.46. The van der Waals surface area contributed by atoms with Gasteiger partial charge in [0.25, 0.3) is 5.91 Å². The molecule has 2 aromatic rings. The molecule has 4 heterocycles. The zero-order valence-corrected chi connectivity index (χ0v) is 19.5. The molecule has 3 N–H and O–H groups in total. The molecular formula is C23H34N8O.